The van der Waals surface area contributed by atoms with Gasteiger partial charge in [0.2, 0.25) is 0 Å². The van der Waals surface area contributed by atoms with Gasteiger partial charge in [-0.05, 0) is 56.4 Å². The summed E-state index contributed by atoms with van der Waals surface area (Å²) in [7, 11) is 1.50. The van der Waals surface area contributed by atoms with Crippen LogP contribution in [0.3, 0.4) is 0 Å². The Hall–Kier alpha value is -2.87. The number of fused-ring (bicyclic) bond motifs is 1. The first-order valence-electron chi connectivity index (χ1n) is 9.46. The zero-order chi connectivity index (χ0) is 20.8. The predicted octanol–water partition coefficient (Wildman–Crippen LogP) is 3.61. The quantitative estimate of drug-likeness (QED) is 0.692. The van der Waals surface area contributed by atoms with E-state index in [4.69, 9.17) is 14.2 Å². The number of ether oxygens (including phenoxy) is 3. The van der Waals surface area contributed by atoms with Crippen LogP contribution in [-0.4, -0.2) is 38.2 Å². The van der Waals surface area contributed by atoms with Crippen molar-refractivity contribution < 1.29 is 28.6 Å². The molecule has 1 aromatic carbocycles. The lowest BCUT2D eigenvalue weighted by Gasteiger charge is -2.12. The molecule has 0 atom stereocenters. The fourth-order valence-corrected chi connectivity index (χ4v) is 4.49. The van der Waals surface area contributed by atoms with Gasteiger partial charge in [-0.2, -0.15) is 0 Å². The van der Waals surface area contributed by atoms with Crippen molar-refractivity contribution in [2.45, 2.75) is 32.6 Å². The molecule has 0 saturated heterocycles. The van der Waals surface area contributed by atoms with Crippen molar-refractivity contribution >= 4 is 34.2 Å². The Bertz CT molecular complexity index is 920. The van der Waals surface area contributed by atoms with Crippen molar-refractivity contribution in [2.24, 2.45) is 0 Å². The standard InChI is InChI=1S/C21H23NO6S/c1-3-27-21(25)18-15-9-4-5-10-16(15)29-19(18)22-17(23)12-28-20(24)13-7-6-8-14(11-13)26-2/h6-8,11H,3-5,9-10,12H2,1-2H3,(H,22,23). The third kappa shape index (κ3) is 4.95. The van der Waals surface area contributed by atoms with Crippen molar-refractivity contribution in [1.29, 1.82) is 0 Å². The molecule has 0 unspecified atom stereocenters. The third-order valence-electron chi connectivity index (χ3n) is 4.54. The molecule has 1 aliphatic rings. The van der Waals surface area contributed by atoms with E-state index in [1.54, 1.807) is 25.1 Å². The molecule has 0 aliphatic heterocycles. The Balaban J connectivity index is 1.68. The Labute approximate surface area is 173 Å². The van der Waals surface area contributed by atoms with Crippen LogP contribution in [-0.2, 0) is 27.1 Å². The number of hydrogen-bond acceptors (Lipinski definition) is 7. The highest BCUT2D eigenvalue weighted by atomic mass is 32.1. The van der Waals surface area contributed by atoms with Crippen molar-refractivity contribution in [2.75, 3.05) is 25.6 Å². The van der Waals surface area contributed by atoms with E-state index >= 15 is 0 Å². The van der Waals surface area contributed by atoms with Crippen LogP contribution >= 0.6 is 11.3 Å². The Morgan fingerprint density at radius 3 is 2.66 bits per heavy atom. The average Bonchev–Trinajstić information content (AvgIpc) is 3.10. The fraction of sp³-hybridized carbons (Fsp3) is 0.381. The highest BCUT2D eigenvalue weighted by molar-refractivity contribution is 7.17. The molecule has 8 heteroatoms. The monoisotopic (exact) mass is 417 g/mol. The molecule has 29 heavy (non-hydrogen) atoms. The number of carbonyl (C=O) groups is 3. The first kappa shape index (κ1) is 20.9. The first-order valence-corrected chi connectivity index (χ1v) is 10.3. The van der Waals surface area contributed by atoms with Crippen LogP contribution in [0.1, 0.15) is 50.9 Å². The van der Waals surface area contributed by atoms with Gasteiger partial charge >= 0.3 is 11.9 Å². The number of hydrogen-bond donors (Lipinski definition) is 1. The SMILES string of the molecule is CCOC(=O)c1c(NC(=O)COC(=O)c2cccc(OC)c2)sc2c1CCCC2. The second kappa shape index (κ2) is 9.56. The van der Waals surface area contributed by atoms with E-state index in [-0.39, 0.29) is 12.2 Å². The molecule has 1 aromatic heterocycles. The second-order valence-corrected chi connectivity index (χ2v) is 7.60. The van der Waals surface area contributed by atoms with Crippen molar-refractivity contribution in [3.8, 4) is 5.75 Å². The van der Waals surface area contributed by atoms with Crippen LogP contribution in [0.4, 0.5) is 5.00 Å². The number of anilines is 1. The summed E-state index contributed by atoms with van der Waals surface area (Å²) in [5.41, 5.74) is 1.68. The molecule has 1 N–H and O–H groups in total. The number of nitrogens with one attached hydrogen (secondary N) is 1. The molecular formula is C21H23NO6S. The number of esters is 2. The summed E-state index contributed by atoms with van der Waals surface area (Å²) in [6.45, 7) is 1.54. The Morgan fingerprint density at radius 2 is 1.90 bits per heavy atom. The molecular weight excluding hydrogens is 394 g/mol. The zero-order valence-corrected chi connectivity index (χ0v) is 17.2. The Morgan fingerprint density at radius 1 is 1.10 bits per heavy atom. The minimum Gasteiger partial charge on any atom is -0.497 e. The number of methoxy groups -OCH3 is 1. The number of carbonyl (C=O) groups excluding carboxylic acids is 3. The molecule has 0 radical (unpaired) electrons. The summed E-state index contributed by atoms with van der Waals surface area (Å²) in [4.78, 5) is 38.0. The molecule has 154 valence electrons. The summed E-state index contributed by atoms with van der Waals surface area (Å²) < 4.78 is 15.3. The maximum absolute atomic E-state index is 12.4. The summed E-state index contributed by atoms with van der Waals surface area (Å²) >= 11 is 1.39. The minimum atomic E-state index is -0.629. The van der Waals surface area contributed by atoms with E-state index < -0.39 is 24.5 Å². The van der Waals surface area contributed by atoms with Gasteiger partial charge in [-0.25, -0.2) is 9.59 Å². The average molecular weight is 417 g/mol. The van der Waals surface area contributed by atoms with Crippen LogP contribution in [0.15, 0.2) is 24.3 Å². The van der Waals surface area contributed by atoms with Gasteiger partial charge in [0.1, 0.15) is 10.8 Å². The van der Waals surface area contributed by atoms with Gasteiger partial charge in [0.15, 0.2) is 6.61 Å². The van der Waals surface area contributed by atoms with Crippen molar-refractivity contribution in [3.05, 3.63) is 45.8 Å². The van der Waals surface area contributed by atoms with Crippen LogP contribution in [0, 0.1) is 0 Å². The van der Waals surface area contributed by atoms with E-state index in [0.29, 0.717) is 16.3 Å². The first-order chi connectivity index (χ1) is 14.0. The van der Waals surface area contributed by atoms with Gasteiger partial charge in [-0.3, -0.25) is 4.79 Å². The van der Waals surface area contributed by atoms with E-state index in [1.807, 2.05) is 0 Å². The van der Waals surface area contributed by atoms with Gasteiger partial charge in [0.25, 0.3) is 5.91 Å². The highest BCUT2D eigenvalue weighted by Crippen LogP contribution is 2.38. The molecule has 3 rings (SSSR count). The smallest absolute Gasteiger partial charge is 0.341 e. The van der Waals surface area contributed by atoms with Gasteiger partial charge in [-0.15, -0.1) is 11.3 Å². The highest BCUT2D eigenvalue weighted by Gasteiger charge is 2.27. The molecule has 0 saturated carbocycles. The normalized spacial score (nSPS) is 12.6. The lowest BCUT2D eigenvalue weighted by atomic mass is 9.95. The molecule has 0 spiro atoms. The predicted molar refractivity (Wildman–Crippen MR) is 109 cm³/mol. The number of aryl methyl sites for hydroxylation is 1. The number of benzene rings is 1. The van der Waals surface area contributed by atoms with E-state index in [0.717, 1.165) is 36.1 Å². The molecule has 1 amide bonds. The van der Waals surface area contributed by atoms with Crippen LogP contribution in [0.2, 0.25) is 0 Å². The van der Waals surface area contributed by atoms with Crippen LogP contribution < -0.4 is 10.1 Å². The molecule has 2 aromatic rings. The van der Waals surface area contributed by atoms with E-state index in [9.17, 15) is 14.4 Å². The van der Waals surface area contributed by atoms with Gasteiger partial charge in [0, 0.05) is 4.88 Å². The molecule has 0 bridgehead atoms. The lowest BCUT2D eigenvalue weighted by molar-refractivity contribution is -0.119. The van der Waals surface area contributed by atoms with Gasteiger partial charge < -0.3 is 19.5 Å². The summed E-state index contributed by atoms with van der Waals surface area (Å²) in [5.74, 6) is -1.05. The number of rotatable bonds is 7. The topological polar surface area (TPSA) is 90.9 Å². The van der Waals surface area contributed by atoms with Gasteiger partial charge in [0.05, 0.1) is 24.8 Å². The molecule has 7 nitrogen and oxygen atoms in total. The zero-order valence-electron chi connectivity index (χ0n) is 16.4. The molecule has 1 aliphatic carbocycles. The maximum Gasteiger partial charge on any atom is 0.341 e. The fourth-order valence-electron chi connectivity index (χ4n) is 3.20. The largest absolute Gasteiger partial charge is 0.497 e. The summed E-state index contributed by atoms with van der Waals surface area (Å²) in [5, 5.41) is 3.17. The van der Waals surface area contributed by atoms with E-state index in [1.165, 1.54) is 24.5 Å². The third-order valence-corrected chi connectivity index (χ3v) is 5.75. The molecule has 0 fully saturated rings. The Kier molecular flexibility index (Phi) is 6.87. The number of thiophene rings is 1. The van der Waals surface area contributed by atoms with Crippen LogP contribution in [0.5, 0.6) is 5.75 Å². The summed E-state index contributed by atoms with van der Waals surface area (Å²) in [6.07, 6.45) is 3.73. The minimum absolute atomic E-state index is 0.259. The van der Waals surface area contributed by atoms with Gasteiger partial charge in [-0.1, -0.05) is 6.07 Å². The maximum atomic E-state index is 12.4. The lowest BCUT2D eigenvalue weighted by Crippen LogP contribution is -2.22. The number of amides is 1. The summed E-state index contributed by atoms with van der Waals surface area (Å²) in [6, 6.07) is 6.48. The van der Waals surface area contributed by atoms with Crippen molar-refractivity contribution in [3.63, 3.8) is 0 Å². The van der Waals surface area contributed by atoms with Crippen molar-refractivity contribution in [1.82, 2.24) is 0 Å². The van der Waals surface area contributed by atoms with Crippen LogP contribution in [0.25, 0.3) is 0 Å². The second-order valence-electron chi connectivity index (χ2n) is 6.49. The van der Waals surface area contributed by atoms with E-state index in [2.05, 4.69) is 5.32 Å². The molecule has 1 heterocycles.